The van der Waals surface area contributed by atoms with Crippen LogP contribution in [0, 0.1) is 12.7 Å². The van der Waals surface area contributed by atoms with E-state index < -0.39 is 5.82 Å². The summed E-state index contributed by atoms with van der Waals surface area (Å²) in [7, 11) is 0. The van der Waals surface area contributed by atoms with Gasteiger partial charge in [-0.1, -0.05) is 5.16 Å². The summed E-state index contributed by atoms with van der Waals surface area (Å²) in [5, 5.41) is 4.06. The minimum Gasteiger partial charge on any atom is -0.470 e. The first-order chi connectivity index (χ1) is 12.1. The van der Waals surface area contributed by atoms with E-state index in [-0.39, 0.29) is 17.6 Å². The van der Waals surface area contributed by atoms with E-state index in [2.05, 4.69) is 15.0 Å². The second-order valence-corrected chi connectivity index (χ2v) is 6.93. The van der Waals surface area contributed by atoms with E-state index >= 15 is 0 Å². The molecule has 2 aromatic rings. The fourth-order valence-electron chi connectivity index (χ4n) is 3.68. The zero-order chi connectivity index (χ0) is 17.3. The molecule has 2 aromatic heterocycles. The Hall–Kier alpha value is -1.99. The Morgan fingerprint density at radius 3 is 2.96 bits per heavy atom. The molecule has 0 aliphatic carbocycles. The lowest BCUT2D eigenvalue weighted by atomic mass is 9.88. The molecular formula is C18H22FN3O3. The minimum atomic E-state index is -0.429. The molecule has 1 atom stereocenters. The fraction of sp³-hybridized carbons (Fsp3) is 0.556. The molecule has 0 radical (unpaired) electrons. The van der Waals surface area contributed by atoms with E-state index in [9.17, 15) is 4.39 Å². The lowest BCUT2D eigenvalue weighted by molar-refractivity contribution is -0.0457. The minimum absolute atomic E-state index is 0.0620. The Balaban J connectivity index is 1.30. The molecular weight excluding hydrogens is 325 g/mol. The number of aryl methyl sites for hydroxylation is 1. The van der Waals surface area contributed by atoms with Gasteiger partial charge >= 0.3 is 0 Å². The first-order valence-electron chi connectivity index (χ1n) is 8.68. The van der Waals surface area contributed by atoms with E-state index in [1.54, 1.807) is 6.07 Å². The third-order valence-electron chi connectivity index (χ3n) is 5.01. The molecule has 0 N–H and O–H groups in total. The van der Waals surface area contributed by atoms with Gasteiger partial charge in [0, 0.05) is 38.3 Å². The van der Waals surface area contributed by atoms with Crippen LogP contribution in [-0.4, -0.2) is 46.4 Å². The fourth-order valence-corrected chi connectivity index (χ4v) is 3.68. The zero-order valence-corrected chi connectivity index (χ0v) is 14.3. The molecule has 0 aromatic carbocycles. The molecule has 1 spiro atoms. The van der Waals surface area contributed by atoms with Crippen LogP contribution < -0.4 is 4.74 Å². The second kappa shape index (κ2) is 6.72. The first kappa shape index (κ1) is 16.5. The largest absolute Gasteiger partial charge is 0.470 e. The van der Waals surface area contributed by atoms with Crippen LogP contribution in [0.1, 0.15) is 30.7 Å². The van der Waals surface area contributed by atoms with Gasteiger partial charge in [0.25, 0.3) is 5.88 Å². The van der Waals surface area contributed by atoms with Gasteiger partial charge in [-0.25, -0.2) is 9.37 Å². The lowest BCUT2D eigenvalue weighted by Gasteiger charge is -2.38. The monoisotopic (exact) mass is 347 g/mol. The smallest absolute Gasteiger partial charge is 0.250 e. The van der Waals surface area contributed by atoms with Crippen molar-refractivity contribution >= 4 is 0 Å². The molecule has 0 bridgehead atoms. The summed E-state index contributed by atoms with van der Waals surface area (Å²) in [6.07, 6.45) is 4.05. The van der Waals surface area contributed by atoms with Crippen molar-refractivity contribution in [3.63, 3.8) is 0 Å². The van der Waals surface area contributed by atoms with Gasteiger partial charge in [0.1, 0.15) is 11.9 Å². The summed E-state index contributed by atoms with van der Waals surface area (Å²) >= 11 is 0. The van der Waals surface area contributed by atoms with Crippen molar-refractivity contribution in [2.45, 2.75) is 44.4 Å². The van der Waals surface area contributed by atoms with Crippen LogP contribution >= 0.6 is 0 Å². The first-order valence-corrected chi connectivity index (χ1v) is 8.68. The average molecular weight is 347 g/mol. The predicted octanol–water partition coefficient (Wildman–Crippen LogP) is 2.72. The quantitative estimate of drug-likeness (QED) is 0.847. The van der Waals surface area contributed by atoms with E-state index in [4.69, 9.17) is 14.0 Å². The second-order valence-electron chi connectivity index (χ2n) is 6.93. The van der Waals surface area contributed by atoms with Crippen LogP contribution in [0.2, 0.25) is 0 Å². The number of aromatic nitrogens is 2. The van der Waals surface area contributed by atoms with E-state index in [0.29, 0.717) is 6.61 Å². The Bertz CT molecular complexity index is 728. The summed E-state index contributed by atoms with van der Waals surface area (Å²) in [4.78, 5) is 6.32. The number of pyridine rings is 1. The number of nitrogens with zero attached hydrogens (tertiary/aromatic N) is 3. The number of halogens is 1. The van der Waals surface area contributed by atoms with Crippen LogP contribution in [0.5, 0.6) is 5.88 Å². The van der Waals surface area contributed by atoms with Crippen molar-refractivity contribution in [2.75, 3.05) is 19.7 Å². The van der Waals surface area contributed by atoms with E-state index in [1.165, 1.54) is 12.3 Å². The van der Waals surface area contributed by atoms with Gasteiger partial charge in [-0.3, -0.25) is 4.90 Å². The molecule has 0 unspecified atom stereocenters. The van der Waals surface area contributed by atoms with Crippen LogP contribution in [-0.2, 0) is 11.3 Å². The van der Waals surface area contributed by atoms with Crippen molar-refractivity contribution in [2.24, 2.45) is 0 Å². The Morgan fingerprint density at radius 1 is 1.40 bits per heavy atom. The van der Waals surface area contributed by atoms with Crippen molar-refractivity contribution in [3.05, 3.63) is 41.7 Å². The molecule has 2 aliphatic heterocycles. The number of hydrogen-bond acceptors (Lipinski definition) is 6. The summed E-state index contributed by atoms with van der Waals surface area (Å²) in [6.45, 7) is 5.07. The van der Waals surface area contributed by atoms with Crippen molar-refractivity contribution in [1.82, 2.24) is 15.0 Å². The number of ether oxygens (including phenoxy) is 2. The molecule has 4 rings (SSSR count). The molecule has 0 amide bonds. The number of hydrogen-bond donors (Lipinski definition) is 0. The third kappa shape index (κ3) is 3.67. The molecule has 0 saturated carbocycles. The maximum absolute atomic E-state index is 13.7. The van der Waals surface area contributed by atoms with Crippen LogP contribution in [0.25, 0.3) is 0 Å². The van der Waals surface area contributed by atoms with E-state index in [1.807, 2.05) is 13.0 Å². The maximum atomic E-state index is 13.7. The zero-order valence-electron chi connectivity index (χ0n) is 14.3. The Labute approximate surface area is 145 Å². The van der Waals surface area contributed by atoms with Crippen LogP contribution in [0.15, 0.2) is 28.9 Å². The molecule has 7 heteroatoms. The van der Waals surface area contributed by atoms with Crippen molar-refractivity contribution in [1.29, 1.82) is 0 Å². The van der Waals surface area contributed by atoms with Gasteiger partial charge < -0.3 is 14.0 Å². The normalized spacial score (nSPS) is 23.2. The van der Waals surface area contributed by atoms with Gasteiger partial charge in [-0.2, -0.15) is 0 Å². The molecule has 4 heterocycles. The topological polar surface area (TPSA) is 60.6 Å². The molecule has 2 saturated heterocycles. The maximum Gasteiger partial charge on any atom is 0.250 e. The highest BCUT2D eigenvalue weighted by Gasteiger charge is 2.44. The summed E-state index contributed by atoms with van der Waals surface area (Å²) in [5.74, 6) is 0.470. The molecule has 2 aliphatic rings. The predicted molar refractivity (Wildman–Crippen MR) is 87.7 cm³/mol. The summed E-state index contributed by atoms with van der Waals surface area (Å²) < 4.78 is 30.6. The highest BCUT2D eigenvalue weighted by atomic mass is 19.1. The Morgan fingerprint density at radius 2 is 2.24 bits per heavy atom. The van der Waals surface area contributed by atoms with Gasteiger partial charge in [-0.05, 0) is 31.9 Å². The molecule has 134 valence electrons. The SMILES string of the molecule is Cc1cc(CN2CCC3(CC2)C[C@@H](Oc2ncccc2F)CO3)no1. The average Bonchev–Trinajstić information content (AvgIpc) is 3.19. The molecule has 25 heavy (non-hydrogen) atoms. The summed E-state index contributed by atoms with van der Waals surface area (Å²) in [5.41, 5.74) is 0.805. The summed E-state index contributed by atoms with van der Waals surface area (Å²) in [6, 6.07) is 4.89. The van der Waals surface area contributed by atoms with Crippen molar-refractivity contribution < 1.29 is 18.4 Å². The highest BCUT2D eigenvalue weighted by Crippen LogP contribution is 2.37. The van der Waals surface area contributed by atoms with Crippen LogP contribution in [0.4, 0.5) is 4.39 Å². The number of rotatable bonds is 4. The van der Waals surface area contributed by atoms with Gasteiger partial charge in [0.2, 0.25) is 0 Å². The molecule has 6 nitrogen and oxygen atoms in total. The third-order valence-corrected chi connectivity index (χ3v) is 5.01. The Kier molecular flexibility index (Phi) is 4.43. The van der Waals surface area contributed by atoms with Crippen LogP contribution in [0.3, 0.4) is 0 Å². The number of likely N-dealkylation sites (tertiary alicyclic amines) is 1. The standard InChI is InChI=1S/C18H22FN3O3/c1-13-9-14(21-25-13)11-22-7-4-18(5-8-22)10-15(12-23-18)24-17-16(19)3-2-6-20-17/h2-3,6,9,15H,4-5,7-8,10-12H2,1H3/t15-/m1/s1. The number of piperidine rings is 1. The van der Waals surface area contributed by atoms with E-state index in [0.717, 1.165) is 50.4 Å². The lowest BCUT2D eigenvalue weighted by Crippen LogP contribution is -2.44. The van der Waals surface area contributed by atoms with Gasteiger partial charge in [-0.15, -0.1) is 0 Å². The van der Waals surface area contributed by atoms with Crippen molar-refractivity contribution in [3.8, 4) is 5.88 Å². The highest BCUT2D eigenvalue weighted by molar-refractivity contribution is 5.14. The molecule has 2 fully saturated rings. The van der Waals surface area contributed by atoms with Gasteiger partial charge in [0.05, 0.1) is 17.9 Å². The van der Waals surface area contributed by atoms with Gasteiger partial charge in [0.15, 0.2) is 5.82 Å².